The summed E-state index contributed by atoms with van der Waals surface area (Å²) < 4.78 is 5.06. The maximum Gasteiger partial charge on any atom is 0.130 e. The van der Waals surface area contributed by atoms with Gasteiger partial charge in [0.1, 0.15) is 5.15 Å². The molecular formula is C8H8ClNOS. The van der Waals surface area contributed by atoms with Crippen LogP contribution in [0.3, 0.4) is 0 Å². The number of nitrogens with zero attached hydrogens (tertiary/aromatic N) is 1. The van der Waals surface area contributed by atoms with Gasteiger partial charge in [-0.05, 0) is 12.1 Å². The number of rotatable bonds is 2. The maximum absolute atomic E-state index is 5.73. The van der Waals surface area contributed by atoms with Crippen molar-refractivity contribution in [3.8, 4) is 0 Å². The molecule has 0 radical (unpaired) electrons. The van der Waals surface area contributed by atoms with E-state index in [0.29, 0.717) is 10.4 Å². The Hall–Kier alpha value is -0.250. The third-order valence-electron chi connectivity index (χ3n) is 1.58. The van der Waals surface area contributed by atoms with Gasteiger partial charge in [0.15, 0.2) is 0 Å². The fourth-order valence-electron chi connectivity index (χ4n) is 0.908. The third kappa shape index (κ3) is 1.91. The zero-order chi connectivity index (χ0) is 8.39. The van der Waals surface area contributed by atoms with E-state index in [-0.39, 0.29) is 0 Å². The fraction of sp³-hybridized carbons (Fsp3) is 0.375. The highest BCUT2D eigenvalue weighted by atomic mass is 35.5. The van der Waals surface area contributed by atoms with E-state index in [1.165, 1.54) is 0 Å². The number of aromatic nitrogens is 1. The number of pyridine rings is 1. The highest BCUT2D eigenvalue weighted by Gasteiger charge is 2.19. The van der Waals surface area contributed by atoms with E-state index in [0.717, 1.165) is 18.2 Å². The Bertz CT molecular complexity index is 278. The number of hydrogen-bond acceptors (Lipinski definition) is 3. The molecule has 0 amide bonds. The van der Waals surface area contributed by atoms with Crippen molar-refractivity contribution in [2.75, 3.05) is 13.2 Å². The van der Waals surface area contributed by atoms with E-state index >= 15 is 0 Å². The molecule has 64 valence electrons. The van der Waals surface area contributed by atoms with E-state index in [4.69, 9.17) is 16.3 Å². The van der Waals surface area contributed by atoms with Crippen molar-refractivity contribution in [3.63, 3.8) is 0 Å². The molecule has 0 saturated carbocycles. The minimum absolute atomic E-state index is 0.556. The summed E-state index contributed by atoms with van der Waals surface area (Å²) in [6.45, 7) is 1.66. The quantitative estimate of drug-likeness (QED) is 0.686. The first-order chi connectivity index (χ1) is 5.84. The largest absolute Gasteiger partial charge is 0.379 e. The van der Waals surface area contributed by atoms with Gasteiger partial charge in [-0.15, -0.1) is 0 Å². The van der Waals surface area contributed by atoms with Gasteiger partial charge in [0.05, 0.1) is 23.5 Å². The van der Waals surface area contributed by atoms with Gasteiger partial charge in [0.25, 0.3) is 0 Å². The Labute approximate surface area is 80.3 Å². The first-order valence-electron chi connectivity index (χ1n) is 3.71. The van der Waals surface area contributed by atoms with E-state index < -0.39 is 0 Å². The van der Waals surface area contributed by atoms with Gasteiger partial charge in [-0.25, -0.2) is 4.98 Å². The second-order valence-corrected chi connectivity index (χ2v) is 4.28. The van der Waals surface area contributed by atoms with Crippen molar-refractivity contribution >= 4 is 23.4 Å². The molecule has 4 heteroatoms. The zero-order valence-corrected chi connectivity index (χ0v) is 7.94. The molecule has 1 aliphatic rings. The molecule has 1 aliphatic heterocycles. The Kier molecular flexibility index (Phi) is 2.54. The lowest BCUT2D eigenvalue weighted by Gasteiger charge is -2.24. The number of thioether (sulfide) groups is 1. The van der Waals surface area contributed by atoms with Crippen molar-refractivity contribution in [2.24, 2.45) is 0 Å². The van der Waals surface area contributed by atoms with Crippen LogP contribution in [-0.2, 0) is 4.74 Å². The molecule has 2 rings (SSSR count). The smallest absolute Gasteiger partial charge is 0.130 e. The molecule has 0 spiro atoms. The van der Waals surface area contributed by atoms with E-state index in [1.54, 1.807) is 17.8 Å². The zero-order valence-electron chi connectivity index (χ0n) is 6.37. The molecule has 2 heterocycles. The predicted octanol–water partition coefficient (Wildman–Crippen LogP) is 2.23. The summed E-state index contributed by atoms with van der Waals surface area (Å²) in [5, 5.41) is 2.10. The average molecular weight is 202 g/mol. The first-order valence-corrected chi connectivity index (χ1v) is 4.97. The van der Waals surface area contributed by atoms with Crippen LogP contribution in [-0.4, -0.2) is 23.4 Å². The molecular weight excluding hydrogens is 194 g/mol. The molecule has 1 fully saturated rings. The summed E-state index contributed by atoms with van der Waals surface area (Å²) in [7, 11) is 0. The Morgan fingerprint density at radius 2 is 2.33 bits per heavy atom. The summed E-state index contributed by atoms with van der Waals surface area (Å²) in [5.41, 5.74) is 0. The highest BCUT2D eigenvalue weighted by molar-refractivity contribution is 8.00. The van der Waals surface area contributed by atoms with E-state index in [9.17, 15) is 0 Å². The molecule has 0 N–H and O–H groups in total. The summed E-state index contributed by atoms with van der Waals surface area (Å²) in [4.78, 5) is 4.17. The van der Waals surface area contributed by atoms with Gasteiger partial charge in [0, 0.05) is 0 Å². The second kappa shape index (κ2) is 3.64. The summed E-state index contributed by atoms with van der Waals surface area (Å²) in [5.74, 6) is 0. The number of ether oxygens (including phenoxy) is 1. The normalized spacial score (nSPS) is 17.4. The lowest BCUT2D eigenvalue weighted by atomic mass is 10.4. The van der Waals surface area contributed by atoms with Gasteiger partial charge in [0.2, 0.25) is 0 Å². The highest BCUT2D eigenvalue weighted by Crippen LogP contribution is 2.26. The van der Waals surface area contributed by atoms with Crippen molar-refractivity contribution < 1.29 is 4.74 Å². The van der Waals surface area contributed by atoms with Crippen LogP contribution in [0.1, 0.15) is 0 Å². The second-order valence-electron chi connectivity index (χ2n) is 2.58. The van der Waals surface area contributed by atoms with Gasteiger partial charge in [-0.2, -0.15) is 0 Å². The Balaban J connectivity index is 2.02. The van der Waals surface area contributed by atoms with Crippen LogP contribution in [0.15, 0.2) is 23.2 Å². The molecule has 0 bridgehead atoms. The SMILES string of the molecule is Clc1cccc(SC2COC2)n1. The molecule has 0 aromatic carbocycles. The lowest BCUT2D eigenvalue weighted by molar-refractivity contribution is 0.0454. The molecule has 1 saturated heterocycles. The maximum atomic E-state index is 5.73. The van der Waals surface area contributed by atoms with Crippen molar-refractivity contribution in [2.45, 2.75) is 10.3 Å². The van der Waals surface area contributed by atoms with Gasteiger partial charge in [-0.3, -0.25) is 0 Å². The molecule has 0 aliphatic carbocycles. The predicted molar refractivity (Wildman–Crippen MR) is 49.7 cm³/mol. The minimum atomic E-state index is 0.556. The van der Waals surface area contributed by atoms with Crippen molar-refractivity contribution in [1.82, 2.24) is 4.98 Å². The summed E-state index contributed by atoms with van der Waals surface area (Å²) in [6.07, 6.45) is 0. The van der Waals surface area contributed by atoms with Crippen LogP contribution < -0.4 is 0 Å². The van der Waals surface area contributed by atoms with Crippen LogP contribution in [0.5, 0.6) is 0 Å². The summed E-state index contributed by atoms with van der Waals surface area (Å²) >= 11 is 7.46. The third-order valence-corrected chi connectivity index (χ3v) is 2.87. The summed E-state index contributed by atoms with van der Waals surface area (Å²) in [6, 6.07) is 5.66. The standard InChI is InChI=1S/C8H8ClNOS/c9-7-2-1-3-8(10-7)12-6-4-11-5-6/h1-3,6H,4-5H2. The van der Waals surface area contributed by atoms with Crippen molar-refractivity contribution in [1.29, 1.82) is 0 Å². The van der Waals surface area contributed by atoms with Crippen LogP contribution in [0.25, 0.3) is 0 Å². The molecule has 1 aromatic heterocycles. The number of hydrogen-bond donors (Lipinski definition) is 0. The van der Waals surface area contributed by atoms with E-state index in [1.807, 2.05) is 12.1 Å². The van der Waals surface area contributed by atoms with Gasteiger partial charge in [-0.1, -0.05) is 29.4 Å². The first kappa shape index (κ1) is 8.35. The van der Waals surface area contributed by atoms with Crippen LogP contribution in [0.4, 0.5) is 0 Å². The monoisotopic (exact) mass is 201 g/mol. The van der Waals surface area contributed by atoms with Crippen LogP contribution in [0.2, 0.25) is 5.15 Å². The van der Waals surface area contributed by atoms with Crippen LogP contribution >= 0.6 is 23.4 Å². The van der Waals surface area contributed by atoms with Gasteiger partial charge >= 0.3 is 0 Å². The average Bonchev–Trinajstić information content (AvgIpc) is 1.97. The molecule has 12 heavy (non-hydrogen) atoms. The lowest BCUT2D eigenvalue weighted by Crippen LogP contribution is -2.30. The van der Waals surface area contributed by atoms with Gasteiger partial charge < -0.3 is 4.74 Å². The Morgan fingerprint density at radius 3 is 2.92 bits per heavy atom. The molecule has 1 aromatic rings. The topological polar surface area (TPSA) is 22.1 Å². The molecule has 0 atom stereocenters. The van der Waals surface area contributed by atoms with Crippen LogP contribution in [0, 0.1) is 0 Å². The minimum Gasteiger partial charge on any atom is -0.379 e. The fourth-order valence-corrected chi connectivity index (χ4v) is 2.10. The number of halogens is 1. The Morgan fingerprint density at radius 1 is 1.50 bits per heavy atom. The van der Waals surface area contributed by atoms with Crippen molar-refractivity contribution in [3.05, 3.63) is 23.4 Å². The molecule has 2 nitrogen and oxygen atoms in total. The van der Waals surface area contributed by atoms with E-state index in [2.05, 4.69) is 4.98 Å². The molecule has 0 unspecified atom stereocenters.